The number of nitrogens with zero attached hydrogens (tertiary/aromatic N) is 3. The molecule has 0 saturated heterocycles. The minimum atomic E-state index is -0.176. The third-order valence-electron chi connectivity index (χ3n) is 6.96. The summed E-state index contributed by atoms with van der Waals surface area (Å²) in [5.41, 5.74) is 14.6. The highest BCUT2D eigenvalue weighted by atomic mass is 15.1. The minimum absolute atomic E-state index is 0.176. The summed E-state index contributed by atoms with van der Waals surface area (Å²) in [5.74, 6) is 0.654. The number of hydrogen-bond donors (Lipinski definition) is 1. The summed E-state index contributed by atoms with van der Waals surface area (Å²) in [6, 6.07) is 29.2. The lowest BCUT2D eigenvalue weighted by molar-refractivity contribution is 0.253. The van der Waals surface area contributed by atoms with Crippen molar-refractivity contribution in [3.63, 3.8) is 0 Å². The smallest absolute Gasteiger partial charge is 0.235 e. The van der Waals surface area contributed by atoms with Crippen LogP contribution in [0.1, 0.15) is 30.5 Å². The summed E-state index contributed by atoms with van der Waals surface area (Å²) < 4.78 is 2.04. The van der Waals surface area contributed by atoms with Crippen LogP contribution >= 0.6 is 0 Å². The van der Waals surface area contributed by atoms with Crippen LogP contribution in [0.2, 0.25) is 0 Å². The monoisotopic (exact) mass is 442 g/mol. The number of nitrogens with two attached hydrogens (primary N) is 1. The molecule has 0 atom stereocenters. The lowest BCUT2D eigenvalue weighted by Gasteiger charge is -2.38. The van der Waals surface area contributed by atoms with E-state index in [2.05, 4.69) is 73.4 Å². The van der Waals surface area contributed by atoms with Crippen LogP contribution in [-0.4, -0.2) is 14.4 Å². The van der Waals surface area contributed by atoms with Crippen LogP contribution in [0.5, 0.6) is 0 Å². The third kappa shape index (κ3) is 3.35. The van der Waals surface area contributed by atoms with E-state index in [1.54, 1.807) is 0 Å². The van der Waals surface area contributed by atoms with Crippen molar-refractivity contribution in [2.45, 2.75) is 24.8 Å². The van der Waals surface area contributed by atoms with Crippen LogP contribution in [-0.2, 0) is 5.54 Å². The number of aromatic nitrogens is 3. The molecule has 0 bridgehead atoms. The summed E-state index contributed by atoms with van der Waals surface area (Å²) in [5, 5.41) is 0. The molecule has 0 amide bonds. The van der Waals surface area contributed by atoms with Gasteiger partial charge in [-0.2, -0.15) is 0 Å². The first-order valence-electron chi connectivity index (χ1n) is 11.7. The second kappa shape index (κ2) is 8.08. The second-order valence-corrected chi connectivity index (χ2v) is 9.04. The van der Waals surface area contributed by atoms with Crippen molar-refractivity contribution in [3.8, 4) is 33.6 Å². The molecular formula is C30H26N4. The standard InChI is InChI=1S/C30H26N4/c1-2-26-28(22-12-7-4-8-13-22)33-29-32-27(25(20-34(26)29)21-10-5-3-6-11-21)23-14-16-24(17-15-23)30(31)18-9-19-30/h2-8,10-17,20H,1,9,18-19,31H2. The van der Waals surface area contributed by atoms with Gasteiger partial charge in [0.2, 0.25) is 5.78 Å². The molecule has 1 fully saturated rings. The summed E-state index contributed by atoms with van der Waals surface area (Å²) in [6.07, 6.45) is 7.28. The average molecular weight is 443 g/mol. The maximum atomic E-state index is 6.56. The molecule has 2 N–H and O–H groups in total. The molecule has 4 nitrogen and oxygen atoms in total. The number of benzene rings is 3. The van der Waals surface area contributed by atoms with Gasteiger partial charge in [0.05, 0.1) is 17.1 Å². The molecule has 0 radical (unpaired) electrons. The minimum Gasteiger partial charge on any atom is -0.321 e. The first-order valence-corrected chi connectivity index (χ1v) is 11.7. The highest BCUT2D eigenvalue weighted by Crippen LogP contribution is 2.40. The molecule has 2 heterocycles. The van der Waals surface area contributed by atoms with Gasteiger partial charge in [0.1, 0.15) is 0 Å². The Bertz CT molecular complexity index is 1480. The Kier molecular flexibility index (Phi) is 4.89. The van der Waals surface area contributed by atoms with E-state index in [0.717, 1.165) is 52.2 Å². The lowest BCUT2D eigenvalue weighted by atomic mass is 9.72. The number of fused-ring (bicyclic) bond motifs is 1. The topological polar surface area (TPSA) is 56.2 Å². The molecule has 1 aliphatic carbocycles. The summed E-state index contributed by atoms with van der Waals surface area (Å²) in [7, 11) is 0. The second-order valence-electron chi connectivity index (χ2n) is 9.04. The van der Waals surface area contributed by atoms with E-state index in [9.17, 15) is 0 Å². The molecule has 0 unspecified atom stereocenters. The third-order valence-corrected chi connectivity index (χ3v) is 6.96. The molecule has 166 valence electrons. The van der Waals surface area contributed by atoms with Crippen molar-refractivity contribution in [3.05, 3.63) is 109 Å². The molecule has 0 aliphatic heterocycles. The van der Waals surface area contributed by atoms with Crippen molar-refractivity contribution in [1.82, 2.24) is 14.4 Å². The summed E-state index contributed by atoms with van der Waals surface area (Å²) in [4.78, 5) is 9.99. The van der Waals surface area contributed by atoms with Crippen molar-refractivity contribution >= 4 is 11.9 Å². The van der Waals surface area contributed by atoms with E-state index < -0.39 is 0 Å². The van der Waals surface area contributed by atoms with Crippen LogP contribution in [0.25, 0.3) is 45.5 Å². The lowest BCUT2D eigenvalue weighted by Crippen LogP contribution is -2.43. The van der Waals surface area contributed by atoms with Crippen molar-refractivity contribution in [2.24, 2.45) is 5.73 Å². The van der Waals surface area contributed by atoms with Gasteiger partial charge < -0.3 is 5.73 Å². The van der Waals surface area contributed by atoms with E-state index in [4.69, 9.17) is 15.7 Å². The van der Waals surface area contributed by atoms with Crippen molar-refractivity contribution in [1.29, 1.82) is 0 Å². The fourth-order valence-electron chi connectivity index (χ4n) is 4.85. The molecule has 4 heteroatoms. The summed E-state index contributed by atoms with van der Waals surface area (Å²) >= 11 is 0. The van der Waals surface area contributed by atoms with Crippen LogP contribution in [0.4, 0.5) is 0 Å². The first kappa shape index (κ1) is 20.6. The predicted octanol–water partition coefficient (Wildman–Crippen LogP) is 6.71. The Balaban J connectivity index is 1.56. The van der Waals surface area contributed by atoms with Crippen LogP contribution < -0.4 is 5.73 Å². The fraction of sp³-hybridized carbons (Fsp3) is 0.133. The zero-order valence-electron chi connectivity index (χ0n) is 19.0. The van der Waals surface area contributed by atoms with Gasteiger partial charge in [-0.1, -0.05) is 91.5 Å². The zero-order valence-corrected chi connectivity index (χ0v) is 19.0. The van der Waals surface area contributed by atoms with Gasteiger partial charge in [-0.15, -0.1) is 0 Å². The van der Waals surface area contributed by atoms with Gasteiger partial charge in [0, 0.05) is 28.4 Å². The van der Waals surface area contributed by atoms with Crippen LogP contribution in [0.3, 0.4) is 0 Å². The Hall–Kier alpha value is -4.02. The molecular weight excluding hydrogens is 416 g/mol. The highest BCUT2D eigenvalue weighted by Gasteiger charge is 2.34. The Labute approximate surface area is 199 Å². The van der Waals surface area contributed by atoms with E-state index in [1.165, 1.54) is 12.0 Å². The molecule has 5 aromatic rings. The normalized spacial score (nSPS) is 14.6. The van der Waals surface area contributed by atoms with E-state index >= 15 is 0 Å². The highest BCUT2D eigenvalue weighted by molar-refractivity contribution is 5.83. The van der Waals surface area contributed by atoms with E-state index in [1.807, 2.05) is 34.7 Å². The zero-order chi connectivity index (χ0) is 23.1. The fourth-order valence-corrected chi connectivity index (χ4v) is 4.85. The first-order chi connectivity index (χ1) is 16.7. The van der Waals surface area contributed by atoms with Crippen molar-refractivity contribution < 1.29 is 0 Å². The van der Waals surface area contributed by atoms with Gasteiger partial charge in [0.15, 0.2) is 0 Å². The predicted molar refractivity (Wildman–Crippen MR) is 139 cm³/mol. The summed E-state index contributed by atoms with van der Waals surface area (Å²) in [6.45, 7) is 4.07. The number of imidazole rings is 1. The largest absolute Gasteiger partial charge is 0.321 e. The molecule has 1 aliphatic rings. The van der Waals surface area contributed by atoms with E-state index in [-0.39, 0.29) is 5.54 Å². The molecule has 0 spiro atoms. The van der Waals surface area contributed by atoms with Crippen LogP contribution in [0.15, 0.2) is 97.7 Å². The maximum absolute atomic E-state index is 6.56. The Morgan fingerprint density at radius 1 is 0.765 bits per heavy atom. The SMILES string of the molecule is C=Cc1c(-c2ccccc2)nc2nc(-c3ccc(C4(N)CCC4)cc3)c(-c3ccccc3)cn12. The van der Waals surface area contributed by atoms with Gasteiger partial charge in [0.25, 0.3) is 0 Å². The molecule has 6 rings (SSSR count). The van der Waals surface area contributed by atoms with Crippen LogP contribution in [0, 0.1) is 0 Å². The molecule has 2 aromatic heterocycles. The Morgan fingerprint density at radius 2 is 1.35 bits per heavy atom. The molecule has 1 saturated carbocycles. The van der Waals surface area contributed by atoms with Gasteiger partial charge >= 0.3 is 0 Å². The van der Waals surface area contributed by atoms with Gasteiger partial charge in [-0.25, -0.2) is 9.97 Å². The van der Waals surface area contributed by atoms with E-state index in [0.29, 0.717) is 5.78 Å². The Morgan fingerprint density at radius 3 is 1.94 bits per heavy atom. The number of rotatable bonds is 5. The van der Waals surface area contributed by atoms with Crippen molar-refractivity contribution in [2.75, 3.05) is 0 Å². The quantitative estimate of drug-likeness (QED) is 0.329. The number of hydrogen-bond acceptors (Lipinski definition) is 3. The van der Waals surface area contributed by atoms with Gasteiger partial charge in [-0.3, -0.25) is 4.40 Å². The molecule has 3 aromatic carbocycles. The molecule has 34 heavy (non-hydrogen) atoms. The maximum Gasteiger partial charge on any atom is 0.235 e. The van der Waals surface area contributed by atoms with Gasteiger partial charge in [-0.05, 0) is 36.5 Å². The average Bonchev–Trinajstić information content (AvgIpc) is 3.25.